The Balaban J connectivity index is 1.75. The molecular weight excluding hydrogens is 327 g/mol. The minimum atomic E-state index is -1.39. The molecule has 0 aromatic heterocycles. The van der Waals surface area contributed by atoms with E-state index in [0.29, 0.717) is 5.75 Å². The Morgan fingerprint density at radius 2 is 2.20 bits per heavy atom. The van der Waals surface area contributed by atoms with Crippen molar-refractivity contribution in [2.24, 2.45) is 10.1 Å². The van der Waals surface area contributed by atoms with Crippen molar-refractivity contribution >= 4 is 18.0 Å². The summed E-state index contributed by atoms with van der Waals surface area (Å²) >= 11 is 0. The Hall–Kier alpha value is -3.00. The molecule has 0 spiro atoms. The van der Waals surface area contributed by atoms with Crippen LogP contribution in [0.2, 0.25) is 0 Å². The van der Waals surface area contributed by atoms with E-state index in [0.717, 1.165) is 5.56 Å². The van der Waals surface area contributed by atoms with Crippen LogP contribution in [0.15, 0.2) is 58.0 Å². The molecule has 0 radical (unpaired) electrons. The zero-order valence-corrected chi connectivity index (χ0v) is 13.5. The molecule has 1 aromatic rings. The summed E-state index contributed by atoms with van der Waals surface area (Å²) in [5.41, 5.74) is 0.907. The van der Waals surface area contributed by atoms with Crippen molar-refractivity contribution in [2.75, 3.05) is 13.2 Å². The molecule has 3 heterocycles. The van der Waals surface area contributed by atoms with Crippen LogP contribution in [0.3, 0.4) is 0 Å². The summed E-state index contributed by atoms with van der Waals surface area (Å²) in [7, 11) is 0. The van der Waals surface area contributed by atoms with Gasteiger partial charge in [-0.3, -0.25) is 4.79 Å². The van der Waals surface area contributed by atoms with Gasteiger partial charge < -0.3 is 14.8 Å². The van der Waals surface area contributed by atoms with Gasteiger partial charge in [-0.1, -0.05) is 18.2 Å². The van der Waals surface area contributed by atoms with Crippen LogP contribution in [0, 0.1) is 0 Å². The van der Waals surface area contributed by atoms with Gasteiger partial charge in [-0.15, -0.1) is 0 Å². The molecule has 8 heteroatoms. The van der Waals surface area contributed by atoms with Gasteiger partial charge in [0, 0.05) is 10.0 Å². The maximum absolute atomic E-state index is 14.8. The Bertz CT molecular complexity index is 861. The molecule has 0 fully saturated rings. The topological polar surface area (TPSA) is 72.3 Å². The Labute approximate surface area is 143 Å². The average molecular weight is 343 g/mol. The van der Waals surface area contributed by atoms with Crippen LogP contribution in [0.25, 0.3) is 0 Å². The first-order chi connectivity index (χ1) is 12.1. The van der Waals surface area contributed by atoms with Crippen LogP contribution in [0.5, 0.6) is 5.75 Å². The summed E-state index contributed by atoms with van der Waals surface area (Å²) in [6.45, 7) is 2.40. The van der Waals surface area contributed by atoms with E-state index in [4.69, 9.17) is 9.47 Å². The van der Waals surface area contributed by atoms with Crippen LogP contribution < -0.4 is 10.1 Å². The van der Waals surface area contributed by atoms with Crippen LogP contribution in [-0.2, 0) is 9.53 Å². The average Bonchev–Trinajstić information content (AvgIpc) is 2.95. The van der Waals surface area contributed by atoms with Gasteiger partial charge in [-0.2, -0.15) is 4.99 Å². The number of carbonyl (C=O) groups is 1. The van der Waals surface area contributed by atoms with E-state index in [1.165, 1.54) is 18.5 Å². The standard InChI is InChI=1S/C17H15FN4O3/c1-11-12-4-2-3-5-14(12)24-9-7-19-17(23)13-10-20-22(18)8-6-15(25-11)21-16(13)22/h2-6,8,10-11H,7,9H2,1H3/p+1. The second-order valence-electron chi connectivity index (χ2n) is 5.75. The molecule has 0 saturated heterocycles. The van der Waals surface area contributed by atoms with Crippen LogP contribution in [0.1, 0.15) is 18.6 Å². The van der Waals surface area contributed by atoms with E-state index in [2.05, 4.69) is 15.4 Å². The lowest BCUT2D eigenvalue weighted by Crippen LogP contribution is -2.32. The van der Waals surface area contributed by atoms with Gasteiger partial charge in [0.15, 0.2) is 11.8 Å². The van der Waals surface area contributed by atoms with Gasteiger partial charge >= 0.3 is 5.82 Å². The molecule has 128 valence electrons. The highest BCUT2D eigenvalue weighted by molar-refractivity contribution is 6.13. The number of nitrogens with zero attached hydrogens (tertiary/aromatic N) is 3. The van der Waals surface area contributed by atoms with Crippen LogP contribution in [0.4, 0.5) is 4.48 Å². The lowest BCUT2D eigenvalue weighted by atomic mass is 10.1. The first kappa shape index (κ1) is 15.5. The summed E-state index contributed by atoms with van der Waals surface area (Å²) in [6, 6.07) is 7.48. The molecule has 25 heavy (non-hydrogen) atoms. The third kappa shape index (κ3) is 2.70. The summed E-state index contributed by atoms with van der Waals surface area (Å²) in [5, 5.41) is 6.40. The van der Waals surface area contributed by atoms with Gasteiger partial charge in [0.2, 0.25) is 5.90 Å². The molecule has 2 atom stereocenters. The number of quaternary nitrogens is 1. The lowest BCUT2D eigenvalue weighted by molar-refractivity contribution is -0.987. The van der Waals surface area contributed by atoms with E-state index >= 15 is 0 Å². The molecule has 1 N–H and O–H groups in total. The number of aliphatic imine (C=N–C) groups is 1. The van der Waals surface area contributed by atoms with E-state index < -0.39 is 10.7 Å². The highest BCUT2D eigenvalue weighted by Crippen LogP contribution is 2.34. The quantitative estimate of drug-likeness (QED) is 0.734. The zero-order valence-electron chi connectivity index (χ0n) is 13.5. The number of rotatable bonds is 0. The number of benzene rings is 1. The molecule has 0 saturated carbocycles. The molecule has 2 bridgehead atoms. The van der Waals surface area contributed by atoms with Crippen molar-refractivity contribution in [1.29, 1.82) is 0 Å². The molecule has 3 aliphatic heterocycles. The van der Waals surface area contributed by atoms with Crippen molar-refractivity contribution in [3.05, 3.63) is 53.5 Å². The Morgan fingerprint density at radius 1 is 1.36 bits per heavy atom. The fraction of sp³-hybridized carbons (Fsp3) is 0.235. The molecular formula is C17H16FN4O3+. The van der Waals surface area contributed by atoms with Gasteiger partial charge in [0.05, 0.1) is 17.4 Å². The number of hydrogen-bond acceptors (Lipinski definition) is 5. The number of para-hydroxylation sites is 1. The highest BCUT2D eigenvalue weighted by atomic mass is 19.2. The summed E-state index contributed by atoms with van der Waals surface area (Å²) in [6.07, 6.45) is 3.40. The minimum Gasteiger partial charge on any atom is -0.491 e. The SMILES string of the molecule is CC1OC2=NC3=C(C=N[N+]3(F)C=C2)C(=O)NCCOc2ccccc21. The molecule has 1 aromatic carbocycles. The molecule has 2 unspecified atom stereocenters. The predicted molar refractivity (Wildman–Crippen MR) is 87.9 cm³/mol. The normalized spacial score (nSPS) is 27.8. The first-order valence-corrected chi connectivity index (χ1v) is 7.90. The maximum atomic E-state index is 14.8. The third-order valence-corrected chi connectivity index (χ3v) is 4.07. The molecule has 7 nitrogen and oxygen atoms in total. The number of nitrogens with one attached hydrogen (secondary N) is 1. The number of hydrogen-bond donors (Lipinski definition) is 1. The largest absolute Gasteiger partial charge is 0.491 e. The lowest BCUT2D eigenvalue weighted by Gasteiger charge is -2.20. The smallest absolute Gasteiger partial charge is 0.317 e. The van der Waals surface area contributed by atoms with E-state index in [1.807, 2.05) is 31.2 Å². The molecule has 3 aliphatic rings. The number of carbonyl (C=O) groups excluding carboxylic acids is 1. The van der Waals surface area contributed by atoms with Gasteiger partial charge in [-0.25, -0.2) is 0 Å². The van der Waals surface area contributed by atoms with Gasteiger partial charge in [0.25, 0.3) is 5.91 Å². The van der Waals surface area contributed by atoms with Gasteiger partial charge in [-0.05, 0) is 18.1 Å². The Morgan fingerprint density at radius 3 is 3.08 bits per heavy atom. The van der Waals surface area contributed by atoms with Crippen molar-refractivity contribution in [2.45, 2.75) is 13.0 Å². The second-order valence-corrected chi connectivity index (χ2v) is 5.75. The minimum absolute atomic E-state index is 0.0670. The molecule has 4 rings (SSSR count). The monoisotopic (exact) mass is 343 g/mol. The van der Waals surface area contributed by atoms with E-state index in [9.17, 15) is 9.28 Å². The molecule has 1 amide bonds. The fourth-order valence-corrected chi connectivity index (χ4v) is 2.81. The second kappa shape index (κ2) is 5.82. The fourth-order valence-electron chi connectivity index (χ4n) is 2.81. The zero-order chi connectivity index (χ0) is 17.4. The summed E-state index contributed by atoms with van der Waals surface area (Å²) in [5.74, 6) is 0.301. The number of fused-ring (bicyclic) bond motifs is 1. The predicted octanol–water partition coefficient (Wildman–Crippen LogP) is 2.11. The first-order valence-electron chi connectivity index (χ1n) is 7.90. The van der Waals surface area contributed by atoms with Crippen molar-refractivity contribution in [3.8, 4) is 5.75 Å². The summed E-state index contributed by atoms with van der Waals surface area (Å²) < 4.78 is 26.4. The number of amides is 1. The van der Waals surface area contributed by atoms with Crippen molar-refractivity contribution in [1.82, 2.24) is 5.32 Å². The Kier molecular flexibility index (Phi) is 3.61. The maximum Gasteiger partial charge on any atom is 0.317 e. The summed E-state index contributed by atoms with van der Waals surface area (Å²) in [4.78, 5) is 15.1. The highest BCUT2D eigenvalue weighted by Gasteiger charge is 2.45. The van der Waals surface area contributed by atoms with Crippen molar-refractivity contribution < 1.29 is 23.6 Å². The third-order valence-electron chi connectivity index (χ3n) is 4.07. The van der Waals surface area contributed by atoms with Crippen molar-refractivity contribution in [3.63, 3.8) is 0 Å². The van der Waals surface area contributed by atoms with Crippen LogP contribution >= 0.6 is 0 Å². The molecule has 0 aliphatic carbocycles. The van der Waals surface area contributed by atoms with Crippen LogP contribution in [-0.4, -0.2) is 36.0 Å². The number of halogens is 1. The number of ether oxygens (including phenoxy) is 2. The van der Waals surface area contributed by atoms with Gasteiger partial charge in [0.1, 0.15) is 24.7 Å². The van der Waals surface area contributed by atoms with E-state index in [1.54, 1.807) is 0 Å². The van der Waals surface area contributed by atoms with E-state index in [-0.39, 0.29) is 36.5 Å².